The van der Waals surface area contributed by atoms with Crippen molar-refractivity contribution in [2.75, 3.05) is 20.3 Å². The van der Waals surface area contributed by atoms with Crippen molar-refractivity contribution in [3.05, 3.63) is 72.7 Å². The molecule has 11 heteroatoms. The molecule has 3 unspecified atom stereocenters. The minimum Gasteiger partial charge on any atom is -0.500 e. The number of dihydropyridines is 1. The standard InChI is InChI=1S/C27H28N2O8S/c1-14-23(27(32)37-13-17-5-3-7-36-17)24(16-10-19(29(33)34)26(31)21(12-16)35-2)25-18(28-14)9-15(11-20(25)30)22-6-4-8-38-22/h4,6,8,10,12,15,17,24,28,31H,3,5,7,9,11,13H2,1-2H3. The number of ketones is 1. The van der Waals surface area contributed by atoms with Gasteiger partial charge in [-0.2, -0.15) is 0 Å². The van der Waals surface area contributed by atoms with Gasteiger partial charge < -0.3 is 24.6 Å². The van der Waals surface area contributed by atoms with Gasteiger partial charge in [-0.15, -0.1) is 11.3 Å². The molecule has 10 nitrogen and oxygen atoms in total. The van der Waals surface area contributed by atoms with Crippen molar-refractivity contribution >= 4 is 28.8 Å². The minimum atomic E-state index is -0.937. The van der Waals surface area contributed by atoms with Crippen LogP contribution in [0.2, 0.25) is 0 Å². The number of carbonyl (C=O) groups is 2. The van der Waals surface area contributed by atoms with Crippen molar-refractivity contribution < 1.29 is 33.8 Å². The molecule has 38 heavy (non-hydrogen) atoms. The molecular weight excluding hydrogens is 512 g/mol. The number of Topliss-reactive ketones (excluding diaryl/α,β-unsaturated/α-hetero) is 1. The number of rotatable bonds is 7. The Balaban J connectivity index is 1.60. The molecule has 3 heterocycles. The Morgan fingerprint density at radius 1 is 1.34 bits per heavy atom. The second-order valence-corrected chi connectivity index (χ2v) is 10.6. The van der Waals surface area contributed by atoms with Crippen LogP contribution in [0.3, 0.4) is 0 Å². The number of thiophene rings is 1. The van der Waals surface area contributed by atoms with Crippen molar-refractivity contribution in [3.8, 4) is 11.5 Å². The van der Waals surface area contributed by atoms with Crippen LogP contribution in [0.25, 0.3) is 0 Å². The first-order valence-corrected chi connectivity index (χ1v) is 13.3. The van der Waals surface area contributed by atoms with Crippen molar-refractivity contribution in [1.29, 1.82) is 0 Å². The van der Waals surface area contributed by atoms with Crippen LogP contribution < -0.4 is 10.1 Å². The highest BCUT2D eigenvalue weighted by molar-refractivity contribution is 7.10. The highest BCUT2D eigenvalue weighted by Gasteiger charge is 2.43. The lowest BCUT2D eigenvalue weighted by Crippen LogP contribution is -2.36. The van der Waals surface area contributed by atoms with Crippen LogP contribution in [0, 0.1) is 10.1 Å². The van der Waals surface area contributed by atoms with Crippen LogP contribution in [-0.2, 0) is 19.1 Å². The fourth-order valence-electron chi connectivity index (χ4n) is 5.47. The summed E-state index contributed by atoms with van der Waals surface area (Å²) >= 11 is 1.58. The van der Waals surface area contributed by atoms with E-state index in [0.29, 0.717) is 30.0 Å². The molecule has 1 fully saturated rings. The molecule has 0 saturated carbocycles. The molecule has 1 aliphatic carbocycles. The minimum absolute atomic E-state index is 0.0149. The van der Waals surface area contributed by atoms with Crippen LogP contribution >= 0.6 is 11.3 Å². The Kier molecular flexibility index (Phi) is 7.22. The first-order valence-electron chi connectivity index (χ1n) is 12.4. The van der Waals surface area contributed by atoms with Gasteiger partial charge in [-0.1, -0.05) is 6.07 Å². The van der Waals surface area contributed by atoms with Gasteiger partial charge in [-0.05, 0) is 49.3 Å². The average Bonchev–Trinajstić information content (AvgIpc) is 3.61. The number of phenolic OH excluding ortho intramolecular Hbond substituents is 1. The summed E-state index contributed by atoms with van der Waals surface area (Å²) < 4.78 is 16.4. The first-order chi connectivity index (χ1) is 18.3. The van der Waals surface area contributed by atoms with E-state index in [1.165, 1.54) is 19.2 Å². The van der Waals surface area contributed by atoms with Crippen LogP contribution in [0.4, 0.5) is 5.69 Å². The van der Waals surface area contributed by atoms with E-state index < -0.39 is 28.2 Å². The molecule has 5 rings (SSSR count). The number of benzene rings is 1. The van der Waals surface area contributed by atoms with Crippen molar-refractivity contribution in [2.45, 2.75) is 50.5 Å². The predicted octanol–water partition coefficient (Wildman–Crippen LogP) is 4.45. The molecule has 0 radical (unpaired) electrons. The number of allylic oxidation sites excluding steroid dienone is 3. The SMILES string of the molecule is COc1cc(C2C(C(=O)OCC3CCCO3)=C(C)NC3=C2C(=O)CC(c2cccs2)C3)cc([N+](=O)[O-])c1O. The highest BCUT2D eigenvalue weighted by Crippen LogP contribution is 2.49. The largest absolute Gasteiger partial charge is 0.500 e. The number of esters is 1. The zero-order valence-electron chi connectivity index (χ0n) is 21.0. The summed E-state index contributed by atoms with van der Waals surface area (Å²) in [4.78, 5) is 39.3. The second kappa shape index (κ2) is 10.6. The van der Waals surface area contributed by atoms with Crippen LogP contribution in [-0.4, -0.2) is 48.2 Å². The molecule has 0 spiro atoms. The van der Waals surface area contributed by atoms with Gasteiger partial charge in [-0.3, -0.25) is 14.9 Å². The van der Waals surface area contributed by atoms with Crippen LogP contribution in [0.15, 0.2) is 52.2 Å². The van der Waals surface area contributed by atoms with Gasteiger partial charge in [-0.25, -0.2) is 4.79 Å². The lowest BCUT2D eigenvalue weighted by Gasteiger charge is -2.36. The van der Waals surface area contributed by atoms with Crippen molar-refractivity contribution in [2.24, 2.45) is 0 Å². The molecule has 0 bridgehead atoms. The summed E-state index contributed by atoms with van der Waals surface area (Å²) in [6, 6.07) is 6.57. The van der Waals surface area contributed by atoms with Gasteiger partial charge >= 0.3 is 11.7 Å². The van der Waals surface area contributed by atoms with Crippen LogP contribution in [0.5, 0.6) is 11.5 Å². The Bertz CT molecular complexity index is 1340. The number of aromatic hydroxyl groups is 1. The number of nitrogens with zero attached hydrogens (tertiary/aromatic N) is 1. The predicted molar refractivity (Wildman–Crippen MR) is 138 cm³/mol. The molecule has 1 saturated heterocycles. The molecule has 2 aliphatic heterocycles. The third kappa shape index (κ3) is 4.79. The number of nitrogens with one attached hydrogen (secondary N) is 1. The Hall–Kier alpha value is -3.70. The number of hydrogen-bond acceptors (Lipinski definition) is 10. The number of nitro benzene ring substituents is 1. The number of nitro groups is 1. The Morgan fingerprint density at radius 3 is 2.82 bits per heavy atom. The summed E-state index contributed by atoms with van der Waals surface area (Å²) in [6.45, 7) is 2.41. The lowest BCUT2D eigenvalue weighted by molar-refractivity contribution is -0.386. The average molecular weight is 541 g/mol. The van der Waals surface area contributed by atoms with Gasteiger partial charge in [0.2, 0.25) is 5.75 Å². The van der Waals surface area contributed by atoms with Gasteiger partial charge in [0.15, 0.2) is 11.5 Å². The third-order valence-electron chi connectivity index (χ3n) is 7.24. The zero-order valence-corrected chi connectivity index (χ0v) is 21.8. The van der Waals surface area contributed by atoms with E-state index in [0.717, 1.165) is 17.7 Å². The maximum atomic E-state index is 13.7. The summed E-state index contributed by atoms with van der Waals surface area (Å²) in [5.74, 6) is -2.49. The zero-order chi connectivity index (χ0) is 27.0. The van der Waals surface area contributed by atoms with Gasteiger partial charge in [0.1, 0.15) is 6.61 Å². The molecule has 2 aromatic rings. The normalized spacial score (nSPS) is 23.2. The van der Waals surface area contributed by atoms with Crippen LogP contribution in [0.1, 0.15) is 54.9 Å². The van der Waals surface area contributed by atoms with Crippen molar-refractivity contribution in [1.82, 2.24) is 5.32 Å². The number of ether oxygens (including phenoxy) is 3. The van der Waals surface area contributed by atoms with E-state index in [9.17, 15) is 24.8 Å². The second-order valence-electron chi connectivity index (χ2n) is 9.61. The summed E-state index contributed by atoms with van der Waals surface area (Å²) in [5.41, 5.74) is 1.44. The van der Waals surface area contributed by atoms with E-state index in [2.05, 4.69) is 5.32 Å². The van der Waals surface area contributed by atoms with E-state index in [1.807, 2.05) is 17.5 Å². The topological polar surface area (TPSA) is 137 Å². The number of hydrogen-bond donors (Lipinski definition) is 2. The van der Waals surface area contributed by atoms with Gasteiger partial charge in [0, 0.05) is 52.8 Å². The Labute approximate surface area is 223 Å². The third-order valence-corrected chi connectivity index (χ3v) is 8.28. The maximum Gasteiger partial charge on any atom is 0.336 e. The lowest BCUT2D eigenvalue weighted by atomic mass is 9.72. The summed E-state index contributed by atoms with van der Waals surface area (Å²) in [7, 11) is 1.28. The number of methoxy groups -OCH3 is 1. The summed E-state index contributed by atoms with van der Waals surface area (Å²) in [6.07, 6.45) is 2.27. The van der Waals surface area contributed by atoms with Crippen molar-refractivity contribution in [3.63, 3.8) is 0 Å². The molecule has 0 amide bonds. The Morgan fingerprint density at radius 2 is 2.16 bits per heavy atom. The van der Waals surface area contributed by atoms with E-state index in [1.54, 1.807) is 18.3 Å². The maximum absolute atomic E-state index is 13.7. The van der Waals surface area contributed by atoms with E-state index in [-0.39, 0.29) is 47.7 Å². The highest BCUT2D eigenvalue weighted by atomic mass is 32.1. The number of carbonyl (C=O) groups excluding carboxylic acids is 2. The molecule has 1 aromatic carbocycles. The van der Waals surface area contributed by atoms with Gasteiger partial charge in [0.25, 0.3) is 0 Å². The summed E-state index contributed by atoms with van der Waals surface area (Å²) in [5, 5.41) is 27.4. The fraction of sp³-hybridized carbons (Fsp3) is 0.407. The van der Waals surface area contributed by atoms with E-state index >= 15 is 0 Å². The van der Waals surface area contributed by atoms with E-state index in [4.69, 9.17) is 14.2 Å². The smallest absolute Gasteiger partial charge is 0.336 e. The molecule has 3 aliphatic rings. The molecule has 200 valence electrons. The molecule has 2 N–H and O–H groups in total. The molecule has 1 aromatic heterocycles. The quantitative estimate of drug-likeness (QED) is 0.296. The fourth-order valence-corrected chi connectivity index (χ4v) is 6.30. The molecular formula is C27H28N2O8S. The monoisotopic (exact) mass is 540 g/mol. The first kappa shape index (κ1) is 25.9. The molecule has 3 atom stereocenters. The number of phenols is 1. The van der Waals surface area contributed by atoms with Gasteiger partial charge in [0.05, 0.1) is 23.7 Å².